The maximum Gasteiger partial charge on any atom is 0.414 e. The van der Waals surface area contributed by atoms with Crippen molar-refractivity contribution in [3.63, 3.8) is 0 Å². The standard InChI is InChI=1S/C12H18N2O.C2H2O4/c1-14-8-3-2-5-11(14)10-15-12-6-4-7-13-9-12;3-1(4)2(5)6/h4,6-7,9,11H,2-3,5,8,10H2,1H3;(H,3,4)(H,5,6). The molecule has 0 bridgehead atoms. The zero-order valence-electron chi connectivity index (χ0n) is 11.9. The molecule has 1 saturated heterocycles. The maximum atomic E-state index is 9.10. The number of hydrogen-bond acceptors (Lipinski definition) is 5. The van der Waals surface area contributed by atoms with E-state index in [1.165, 1.54) is 25.8 Å². The number of ether oxygens (including phenoxy) is 1. The number of nitrogens with zero attached hydrogens (tertiary/aromatic N) is 2. The van der Waals surface area contributed by atoms with E-state index in [-0.39, 0.29) is 0 Å². The van der Waals surface area contributed by atoms with E-state index in [0.717, 1.165) is 12.4 Å². The summed E-state index contributed by atoms with van der Waals surface area (Å²) in [5.41, 5.74) is 0. The van der Waals surface area contributed by atoms with E-state index in [1.807, 2.05) is 12.1 Å². The number of carboxylic acid groups (broad SMARTS) is 2. The van der Waals surface area contributed by atoms with Crippen LogP contribution in [0.15, 0.2) is 24.5 Å². The van der Waals surface area contributed by atoms with Crippen molar-refractivity contribution in [2.24, 2.45) is 0 Å². The number of hydrogen-bond donors (Lipinski definition) is 2. The summed E-state index contributed by atoms with van der Waals surface area (Å²) in [5.74, 6) is -2.78. The summed E-state index contributed by atoms with van der Waals surface area (Å²) in [6, 6.07) is 4.43. The van der Waals surface area contributed by atoms with Crippen LogP contribution in [0.5, 0.6) is 5.75 Å². The molecule has 2 heterocycles. The lowest BCUT2D eigenvalue weighted by Gasteiger charge is -2.32. The molecule has 2 rings (SSSR count). The van der Waals surface area contributed by atoms with Crippen LogP contribution in [0.25, 0.3) is 0 Å². The average molecular weight is 296 g/mol. The van der Waals surface area contributed by atoms with Crippen LogP contribution < -0.4 is 4.74 Å². The van der Waals surface area contributed by atoms with Gasteiger partial charge in [0.2, 0.25) is 0 Å². The van der Waals surface area contributed by atoms with Crippen LogP contribution in [0.2, 0.25) is 0 Å². The minimum Gasteiger partial charge on any atom is -0.490 e. The summed E-state index contributed by atoms with van der Waals surface area (Å²) in [4.78, 5) is 24.6. The van der Waals surface area contributed by atoms with Gasteiger partial charge < -0.3 is 19.8 Å². The Balaban J connectivity index is 0.000000315. The molecule has 2 N–H and O–H groups in total. The fourth-order valence-corrected chi connectivity index (χ4v) is 1.98. The molecule has 1 aromatic heterocycles. The third kappa shape index (κ3) is 6.71. The van der Waals surface area contributed by atoms with E-state index in [9.17, 15) is 0 Å². The monoisotopic (exact) mass is 296 g/mol. The van der Waals surface area contributed by atoms with Crippen LogP contribution in [0.1, 0.15) is 19.3 Å². The molecule has 1 aliphatic heterocycles. The molecule has 1 atom stereocenters. The first-order chi connectivity index (χ1) is 10.0. The van der Waals surface area contributed by atoms with Crippen LogP contribution in [0, 0.1) is 0 Å². The van der Waals surface area contributed by atoms with Gasteiger partial charge in [0.1, 0.15) is 12.4 Å². The van der Waals surface area contributed by atoms with E-state index >= 15 is 0 Å². The van der Waals surface area contributed by atoms with Crippen molar-refractivity contribution in [2.75, 3.05) is 20.2 Å². The Bertz CT molecular complexity index is 440. The Kier molecular flexibility index (Phi) is 7.17. The third-order valence-corrected chi connectivity index (χ3v) is 3.18. The van der Waals surface area contributed by atoms with Crippen LogP contribution in [0.3, 0.4) is 0 Å². The van der Waals surface area contributed by atoms with Gasteiger partial charge in [0.15, 0.2) is 0 Å². The highest BCUT2D eigenvalue weighted by Gasteiger charge is 2.19. The molecule has 0 aromatic carbocycles. The highest BCUT2D eigenvalue weighted by atomic mass is 16.5. The summed E-state index contributed by atoms with van der Waals surface area (Å²) >= 11 is 0. The van der Waals surface area contributed by atoms with Crippen molar-refractivity contribution >= 4 is 11.9 Å². The summed E-state index contributed by atoms with van der Waals surface area (Å²) < 4.78 is 5.71. The summed E-state index contributed by atoms with van der Waals surface area (Å²) in [6.07, 6.45) is 7.42. The normalized spacial score (nSPS) is 18.2. The molecule has 0 spiro atoms. The molecule has 7 heteroatoms. The molecule has 0 aliphatic carbocycles. The number of aromatic nitrogens is 1. The van der Waals surface area contributed by atoms with Gasteiger partial charge in [0, 0.05) is 12.2 Å². The van der Waals surface area contributed by atoms with Gasteiger partial charge in [-0.25, -0.2) is 9.59 Å². The van der Waals surface area contributed by atoms with Crippen LogP contribution in [-0.2, 0) is 9.59 Å². The molecule has 116 valence electrons. The van der Waals surface area contributed by atoms with Crippen molar-refractivity contribution in [3.8, 4) is 5.75 Å². The number of pyridine rings is 1. The lowest BCUT2D eigenvalue weighted by molar-refractivity contribution is -0.159. The van der Waals surface area contributed by atoms with Gasteiger partial charge in [-0.2, -0.15) is 0 Å². The van der Waals surface area contributed by atoms with Crippen molar-refractivity contribution in [1.82, 2.24) is 9.88 Å². The molecule has 1 aromatic rings. The van der Waals surface area contributed by atoms with E-state index in [1.54, 1.807) is 12.4 Å². The van der Waals surface area contributed by atoms with Crippen LogP contribution in [0.4, 0.5) is 0 Å². The van der Waals surface area contributed by atoms with Crippen molar-refractivity contribution < 1.29 is 24.5 Å². The Morgan fingerprint density at radius 1 is 1.38 bits per heavy atom. The van der Waals surface area contributed by atoms with Gasteiger partial charge in [-0.1, -0.05) is 6.42 Å². The number of aliphatic carboxylic acids is 2. The highest BCUT2D eigenvalue weighted by molar-refractivity contribution is 6.27. The van der Waals surface area contributed by atoms with E-state index < -0.39 is 11.9 Å². The predicted octanol–water partition coefficient (Wildman–Crippen LogP) is 1.10. The topological polar surface area (TPSA) is 100.0 Å². The van der Waals surface area contributed by atoms with Crippen LogP contribution in [-0.4, -0.2) is 58.3 Å². The minimum atomic E-state index is -1.82. The molecule has 1 unspecified atom stereocenters. The van der Waals surface area contributed by atoms with Gasteiger partial charge in [0.05, 0.1) is 6.20 Å². The largest absolute Gasteiger partial charge is 0.490 e. The highest BCUT2D eigenvalue weighted by Crippen LogP contribution is 2.16. The lowest BCUT2D eigenvalue weighted by Crippen LogP contribution is -2.40. The second-order valence-electron chi connectivity index (χ2n) is 4.74. The molecule has 7 nitrogen and oxygen atoms in total. The molecule has 1 fully saturated rings. The number of carbonyl (C=O) groups is 2. The van der Waals surface area contributed by atoms with Crippen molar-refractivity contribution in [3.05, 3.63) is 24.5 Å². The molecule has 21 heavy (non-hydrogen) atoms. The summed E-state index contributed by atoms with van der Waals surface area (Å²) in [5, 5.41) is 14.8. The Morgan fingerprint density at radius 2 is 2.10 bits per heavy atom. The Hall–Kier alpha value is -2.15. The van der Waals surface area contributed by atoms with Crippen LogP contribution >= 0.6 is 0 Å². The summed E-state index contributed by atoms with van der Waals surface area (Å²) in [6.45, 7) is 1.98. The van der Waals surface area contributed by atoms with E-state index in [2.05, 4.69) is 16.9 Å². The van der Waals surface area contributed by atoms with Gasteiger partial charge >= 0.3 is 11.9 Å². The number of carboxylic acids is 2. The summed E-state index contributed by atoms with van der Waals surface area (Å²) in [7, 11) is 2.18. The SMILES string of the molecule is CN1CCCCC1COc1cccnc1.O=C(O)C(=O)O. The first-order valence-electron chi connectivity index (χ1n) is 6.70. The Morgan fingerprint density at radius 3 is 2.62 bits per heavy atom. The fourth-order valence-electron chi connectivity index (χ4n) is 1.98. The number of likely N-dealkylation sites (N-methyl/N-ethyl adjacent to an activating group) is 1. The van der Waals surface area contributed by atoms with Gasteiger partial charge in [-0.3, -0.25) is 4.98 Å². The molecule has 0 radical (unpaired) electrons. The average Bonchev–Trinajstić information content (AvgIpc) is 2.48. The quantitative estimate of drug-likeness (QED) is 0.805. The van der Waals surface area contributed by atoms with Gasteiger partial charge in [-0.15, -0.1) is 0 Å². The number of likely N-dealkylation sites (tertiary alicyclic amines) is 1. The molecule has 0 saturated carbocycles. The van der Waals surface area contributed by atoms with Crippen molar-refractivity contribution in [1.29, 1.82) is 0 Å². The van der Waals surface area contributed by atoms with Gasteiger partial charge in [-0.05, 0) is 38.6 Å². The Labute approximate surface area is 123 Å². The first kappa shape index (κ1) is 16.9. The maximum absolute atomic E-state index is 9.10. The van der Waals surface area contributed by atoms with Gasteiger partial charge in [0.25, 0.3) is 0 Å². The zero-order valence-corrected chi connectivity index (χ0v) is 11.9. The zero-order chi connectivity index (χ0) is 15.7. The van der Waals surface area contributed by atoms with E-state index in [0.29, 0.717) is 6.04 Å². The second kappa shape index (κ2) is 8.91. The third-order valence-electron chi connectivity index (χ3n) is 3.18. The smallest absolute Gasteiger partial charge is 0.414 e. The predicted molar refractivity (Wildman–Crippen MR) is 75.3 cm³/mol. The molecular formula is C14H20N2O5. The molecule has 0 amide bonds. The second-order valence-corrected chi connectivity index (χ2v) is 4.74. The molecular weight excluding hydrogens is 276 g/mol. The number of piperidine rings is 1. The fraction of sp³-hybridized carbons (Fsp3) is 0.500. The lowest BCUT2D eigenvalue weighted by atomic mass is 10.0. The first-order valence-corrected chi connectivity index (χ1v) is 6.70. The van der Waals surface area contributed by atoms with Crippen molar-refractivity contribution in [2.45, 2.75) is 25.3 Å². The minimum absolute atomic E-state index is 0.568. The molecule has 1 aliphatic rings. The number of rotatable bonds is 3. The van der Waals surface area contributed by atoms with E-state index in [4.69, 9.17) is 24.5 Å².